The molecule has 0 amide bonds. The maximum atomic E-state index is 11.7. The van der Waals surface area contributed by atoms with Crippen molar-refractivity contribution < 1.29 is 9.53 Å². The van der Waals surface area contributed by atoms with Crippen molar-refractivity contribution in [2.24, 2.45) is 11.8 Å². The van der Waals surface area contributed by atoms with Gasteiger partial charge >= 0.3 is 5.97 Å². The van der Waals surface area contributed by atoms with Crippen LogP contribution in [0.5, 0.6) is 0 Å². The van der Waals surface area contributed by atoms with Crippen molar-refractivity contribution in [1.82, 2.24) is 9.55 Å². The number of aromatic nitrogens is 2. The third kappa shape index (κ3) is 2.21. The van der Waals surface area contributed by atoms with Gasteiger partial charge in [-0.15, -0.1) is 0 Å². The smallest absolute Gasteiger partial charge is 0.356 e. The summed E-state index contributed by atoms with van der Waals surface area (Å²) in [7, 11) is 1.41. The van der Waals surface area contributed by atoms with Crippen molar-refractivity contribution in [1.29, 1.82) is 0 Å². The molecule has 2 rings (SSSR count). The highest BCUT2D eigenvalue weighted by Crippen LogP contribution is 2.38. The van der Waals surface area contributed by atoms with Crippen molar-refractivity contribution in [2.75, 3.05) is 7.11 Å². The summed E-state index contributed by atoms with van der Waals surface area (Å²) in [6.45, 7) is 4.50. The lowest BCUT2D eigenvalue weighted by Crippen LogP contribution is -2.29. The van der Waals surface area contributed by atoms with Crippen LogP contribution in [0.4, 0.5) is 0 Å². The van der Waals surface area contributed by atoms with E-state index in [0.717, 1.165) is 0 Å². The Morgan fingerprint density at radius 1 is 1.41 bits per heavy atom. The molecule has 1 aliphatic carbocycles. The van der Waals surface area contributed by atoms with E-state index in [2.05, 4.69) is 18.8 Å². The third-order valence-corrected chi connectivity index (χ3v) is 3.87. The first-order chi connectivity index (χ1) is 8.15. The van der Waals surface area contributed by atoms with E-state index >= 15 is 0 Å². The van der Waals surface area contributed by atoms with Gasteiger partial charge in [-0.05, 0) is 24.7 Å². The lowest BCUT2D eigenvalue weighted by Gasteiger charge is -2.36. The Kier molecular flexibility index (Phi) is 3.50. The number of esters is 1. The second-order valence-corrected chi connectivity index (χ2v) is 5.05. The van der Waals surface area contributed by atoms with Gasteiger partial charge in [-0.1, -0.05) is 20.3 Å². The van der Waals surface area contributed by atoms with Gasteiger partial charge in [0.25, 0.3) is 0 Å². The van der Waals surface area contributed by atoms with Crippen LogP contribution in [-0.2, 0) is 4.74 Å². The number of rotatable bonds is 2. The second kappa shape index (κ2) is 4.90. The molecule has 4 heteroatoms. The molecule has 17 heavy (non-hydrogen) atoms. The van der Waals surface area contributed by atoms with Gasteiger partial charge in [0.1, 0.15) is 5.69 Å². The zero-order valence-electron chi connectivity index (χ0n) is 10.7. The average molecular weight is 236 g/mol. The summed E-state index contributed by atoms with van der Waals surface area (Å²) in [6, 6.07) is 0.361. The van der Waals surface area contributed by atoms with Crippen LogP contribution >= 0.6 is 0 Å². The first kappa shape index (κ1) is 12.1. The quantitative estimate of drug-likeness (QED) is 0.741. The molecule has 2 atom stereocenters. The summed E-state index contributed by atoms with van der Waals surface area (Å²) < 4.78 is 6.80. The molecule has 94 valence electrons. The summed E-state index contributed by atoms with van der Waals surface area (Å²) in [4.78, 5) is 15.8. The topological polar surface area (TPSA) is 44.1 Å². The Balaban J connectivity index is 2.32. The fraction of sp³-hybridized carbons (Fsp3) is 0.692. The zero-order chi connectivity index (χ0) is 12.4. The molecule has 1 aromatic heterocycles. The van der Waals surface area contributed by atoms with Gasteiger partial charge in [0.15, 0.2) is 0 Å². The standard InChI is InChI=1S/C13H20N2O2/c1-9-5-4-6-10(2)12(9)15-8-14-7-11(15)13(16)17-3/h7-10,12H,4-6H2,1-3H3. The predicted molar refractivity (Wildman–Crippen MR) is 64.8 cm³/mol. The van der Waals surface area contributed by atoms with E-state index in [-0.39, 0.29) is 5.97 Å². The highest BCUT2D eigenvalue weighted by Gasteiger charge is 2.31. The summed E-state index contributed by atoms with van der Waals surface area (Å²) >= 11 is 0. The molecule has 0 bridgehead atoms. The number of ether oxygens (including phenoxy) is 1. The van der Waals surface area contributed by atoms with Gasteiger partial charge < -0.3 is 9.30 Å². The van der Waals surface area contributed by atoms with Gasteiger partial charge in [0.2, 0.25) is 0 Å². The molecule has 1 saturated carbocycles. The summed E-state index contributed by atoms with van der Waals surface area (Å²) in [5, 5.41) is 0. The monoisotopic (exact) mass is 236 g/mol. The van der Waals surface area contributed by atoms with Crippen molar-refractivity contribution in [3.8, 4) is 0 Å². The maximum absolute atomic E-state index is 11.7. The highest BCUT2D eigenvalue weighted by molar-refractivity contribution is 5.87. The lowest BCUT2D eigenvalue weighted by molar-refractivity contribution is 0.0576. The molecule has 1 heterocycles. The van der Waals surface area contributed by atoms with Crippen LogP contribution in [0.15, 0.2) is 12.5 Å². The highest BCUT2D eigenvalue weighted by atomic mass is 16.5. The van der Waals surface area contributed by atoms with Crippen molar-refractivity contribution in [3.63, 3.8) is 0 Å². The normalized spacial score (nSPS) is 29.0. The number of hydrogen-bond donors (Lipinski definition) is 0. The second-order valence-electron chi connectivity index (χ2n) is 5.05. The SMILES string of the molecule is COC(=O)c1cncn1C1C(C)CCCC1C. The van der Waals surface area contributed by atoms with Crippen LogP contribution in [0.2, 0.25) is 0 Å². The Morgan fingerprint density at radius 3 is 2.65 bits per heavy atom. The summed E-state index contributed by atoms with van der Waals surface area (Å²) in [6.07, 6.45) is 7.07. The number of imidazole rings is 1. The van der Waals surface area contributed by atoms with Gasteiger partial charge in [0, 0.05) is 6.04 Å². The number of carbonyl (C=O) groups is 1. The molecule has 0 spiro atoms. The van der Waals surface area contributed by atoms with E-state index in [1.165, 1.54) is 26.4 Å². The molecular weight excluding hydrogens is 216 g/mol. The molecular formula is C13H20N2O2. The Morgan fingerprint density at radius 2 is 2.06 bits per heavy atom. The first-order valence-electron chi connectivity index (χ1n) is 6.25. The minimum Gasteiger partial charge on any atom is -0.464 e. The van der Waals surface area contributed by atoms with Crippen LogP contribution in [0.25, 0.3) is 0 Å². The molecule has 1 aliphatic rings. The van der Waals surface area contributed by atoms with E-state index in [4.69, 9.17) is 4.74 Å². The molecule has 1 fully saturated rings. The molecule has 0 saturated heterocycles. The van der Waals surface area contributed by atoms with E-state index in [1.807, 2.05) is 4.57 Å². The van der Waals surface area contributed by atoms with Crippen LogP contribution in [0.3, 0.4) is 0 Å². The van der Waals surface area contributed by atoms with E-state index in [0.29, 0.717) is 23.6 Å². The van der Waals surface area contributed by atoms with Crippen LogP contribution < -0.4 is 0 Å². The van der Waals surface area contributed by atoms with Gasteiger partial charge in [-0.2, -0.15) is 0 Å². The first-order valence-corrected chi connectivity index (χ1v) is 6.25. The minimum atomic E-state index is -0.299. The number of hydrogen-bond acceptors (Lipinski definition) is 3. The van der Waals surface area contributed by atoms with Gasteiger partial charge in [-0.25, -0.2) is 9.78 Å². The molecule has 0 radical (unpaired) electrons. The number of methoxy groups -OCH3 is 1. The molecule has 2 unspecified atom stereocenters. The van der Waals surface area contributed by atoms with Crippen LogP contribution in [0.1, 0.15) is 49.6 Å². The Labute approximate surface area is 102 Å². The Hall–Kier alpha value is -1.32. The zero-order valence-corrected chi connectivity index (χ0v) is 10.7. The van der Waals surface area contributed by atoms with Crippen molar-refractivity contribution >= 4 is 5.97 Å². The van der Waals surface area contributed by atoms with Crippen LogP contribution in [0, 0.1) is 11.8 Å². The molecule has 0 aromatic carbocycles. The van der Waals surface area contributed by atoms with E-state index < -0.39 is 0 Å². The summed E-state index contributed by atoms with van der Waals surface area (Å²) in [5.74, 6) is 0.861. The fourth-order valence-electron chi connectivity index (χ4n) is 3.02. The van der Waals surface area contributed by atoms with E-state index in [1.54, 1.807) is 12.5 Å². The molecule has 1 aromatic rings. The van der Waals surface area contributed by atoms with E-state index in [9.17, 15) is 4.79 Å². The average Bonchev–Trinajstić information content (AvgIpc) is 2.77. The lowest BCUT2D eigenvalue weighted by atomic mass is 9.78. The largest absolute Gasteiger partial charge is 0.464 e. The van der Waals surface area contributed by atoms with Gasteiger partial charge in [0.05, 0.1) is 19.6 Å². The fourth-order valence-corrected chi connectivity index (χ4v) is 3.02. The van der Waals surface area contributed by atoms with Crippen molar-refractivity contribution in [2.45, 2.75) is 39.2 Å². The molecule has 0 aliphatic heterocycles. The van der Waals surface area contributed by atoms with Crippen molar-refractivity contribution in [3.05, 3.63) is 18.2 Å². The number of carbonyl (C=O) groups excluding carboxylic acids is 1. The van der Waals surface area contributed by atoms with Crippen LogP contribution in [-0.4, -0.2) is 22.6 Å². The number of nitrogens with zero attached hydrogens (tertiary/aromatic N) is 2. The predicted octanol–water partition coefficient (Wildman–Crippen LogP) is 2.67. The molecule has 0 N–H and O–H groups in total. The van der Waals surface area contributed by atoms with Gasteiger partial charge in [-0.3, -0.25) is 0 Å². The third-order valence-electron chi connectivity index (χ3n) is 3.87. The molecule has 4 nitrogen and oxygen atoms in total. The maximum Gasteiger partial charge on any atom is 0.356 e. The summed E-state index contributed by atoms with van der Waals surface area (Å²) in [5.41, 5.74) is 0.568. The Bertz CT molecular complexity index is 390. The minimum absolute atomic E-state index is 0.299.